The van der Waals surface area contributed by atoms with Crippen LogP contribution in [-0.2, 0) is 0 Å². The number of nitrogens with zero attached hydrogens (tertiary/aromatic N) is 2. The second-order valence-corrected chi connectivity index (χ2v) is 9.06. The van der Waals surface area contributed by atoms with Crippen molar-refractivity contribution in [3.05, 3.63) is 77.6 Å². The fourth-order valence-electron chi connectivity index (χ4n) is 4.02. The van der Waals surface area contributed by atoms with Crippen molar-refractivity contribution in [2.24, 2.45) is 0 Å². The maximum Gasteiger partial charge on any atom is 0.254 e. The molecule has 3 rings (SSSR count). The first kappa shape index (κ1) is 31.2. The number of anilines is 1. The number of benzene rings is 2. The van der Waals surface area contributed by atoms with E-state index in [2.05, 4.69) is 27.0 Å². The minimum absolute atomic E-state index is 0.0222. The highest BCUT2D eigenvalue weighted by atomic mass is 19.1. The minimum atomic E-state index is -0.246. The van der Waals surface area contributed by atoms with Crippen molar-refractivity contribution in [2.45, 2.75) is 73.6 Å². The summed E-state index contributed by atoms with van der Waals surface area (Å²) in [7, 11) is 0. The largest absolute Gasteiger partial charge is 0.366 e. The van der Waals surface area contributed by atoms with Crippen LogP contribution >= 0.6 is 0 Å². The average molecular weight is 495 g/mol. The Kier molecular flexibility index (Phi) is 14.5. The molecule has 1 aliphatic heterocycles. The van der Waals surface area contributed by atoms with E-state index in [4.69, 9.17) is 0 Å². The molecular formula is C32H47FN2O. The number of carbonyl (C=O) groups is 1. The molecule has 1 amide bonds. The number of rotatable bonds is 8. The third kappa shape index (κ3) is 9.29. The van der Waals surface area contributed by atoms with E-state index >= 15 is 0 Å². The highest BCUT2D eigenvalue weighted by Gasteiger charge is 2.24. The van der Waals surface area contributed by atoms with E-state index in [0.717, 1.165) is 22.3 Å². The summed E-state index contributed by atoms with van der Waals surface area (Å²) in [6.45, 7) is 22.3. The van der Waals surface area contributed by atoms with Crippen LogP contribution in [0, 0.1) is 12.7 Å². The first-order chi connectivity index (χ1) is 17.3. The van der Waals surface area contributed by atoms with E-state index < -0.39 is 0 Å². The Morgan fingerprint density at radius 2 is 1.58 bits per heavy atom. The fraction of sp³-hybridized carbons (Fsp3) is 0.469. The van der Waals surface area contributed by atoms with Gasteiger partial charge in [0, 0.05) is 31.7 Å². The lowest BCUT2D eigenvalue weighted by molar-refractivity contribution is 0.0746. The van der Waals surface area contributed by atoms with Crippen LogP contribution in [0.3, 0.4) is 0 Å². The van der Waals surface area contributed by atoms with Crippen LogP contribution in [0.2, 0.25) is 0 Å². The second kappa shape index (κ2) is 16.7. The molecule has 0 N–H and O–H groups in total. The number of carbonyl (C=O) groups excluding carboxylic acids is 1. The van der Waals surface area contributed by atoms with E-state index in [-0.39, 0.29) is 11.7 Å². The molecule has 1 aliphatic rings. The van der Waals surface area contributed by atoms with E-state index in [9.17, 15) is 9.18 Å². The molecule has 36 heavy (non-hydrogen) atoms. The first-order valence-electron chi connectivity index (χ1n) is 13.5. The Balaban J connectivity index is 0.000000623. The number of hydrogen-bond donors (Lipinski definition) is 0. The van der Waals surface area contributed by atoms with Gasteiger partial charge in [0.25, 0.3) is 5.91 Å². The number of halogens is 1. The summed E-state index contributed by atoms with van der Waals surface area (Å²) in [6, 6.07) is 11.0. The molecule has 1 fully saturated rings. The van der Waals surface area contributed by atoms with Crippen molar-refractivity contribution < 1.29 is 9.18 Å². The molecule has 0 unspecified atom stereocenters. The van der Waals surface area contributed by atoms with Gasteiger partial charge in [-0.15, -0.1) is 0 Å². The van der Waals surface area contributed by atoms with Crippen molar-refractivity contribution in [1.82, 2.24) is 4.90 Å². The molecule has 1 heterocycles. The maximum absolute atomic E-state index is 14.5. The first-order valence-corrected chi connectivity index (χ1v) is 13.5. The lowest BCUT2D eigenvalue weighted by Gasteiger charge is -2.36. The van der Waals surface area contributed by atoms with Crippen LogP contribution in [0.1, 0.15) is 93.8 Å². The van der Waals surface area contributed by atoms with Crippen LogP contribution < -0.4 is 4.90 Å². The van der Waals surface area contributed by atoms with Crippen molar-refractivity contribution >= 4 is 23.2 Å². The molecule has 0 aromatic heterocycles. The van der Waals surface area contributed by atoms with Crippen molar-refractivity contribution in [3.63, 3.8) is 0 Å². The van der Waals surface area contributed by atoms with Gasteiger partial charge in [-0.3, -0.25) is 4.79 Å². The van der Waals surface area contributed by atoms with Gasteiger partial charge < -0.3 is 9.80 Å². The lowest BCUT2D eigenvalue weighted by Crippen LogP contribution is -2.49. The maximum atomic E-state index is 14.5. The van der Waals surface area contributed by atoms with Crippen molar-refractivity contribution in [2.75, 3.05) is 31.1 Å². The molecule has 2 aromatic carbocycles. The van der Waals surface area contributed by atoms with Gasteiger partial charge in [0.15, 0.2) is 0 Å². The van der Waals surface area contributed by atoms with Gasteiger partial charge in [-0.05, 0) is 48.7 Å². The van der Waals surface area contributed by atoms with Gasteiger partial charge >= 0.3 is 0 Å². The summed E-state index contributed by atoms with van der Waals surface area (Å²) in [5.41, 5.74) is 4.82. The van der Waals surface area contributed by atoms with Gasteiger partial charge in [-0.25, -0.2) is 4.39 Å². The monoisotopic (exact) mass is 494 g/mol. The van der Waals surface area contributed by atoms with Crippen molar-refractivity contribution in [1.29, 1.82) is 0 Å². The molecule has 0 aliphatic carbocycles. The SMILES string of the molecule is C=Cc1ccc(C)c(C(=O)N2CCN(c3ccc(C(=C)C)cc3F)CC2)c1.CC.CCCCCCC. The summed E-state index contributed by atoms with van der Waals surface area (Å²) < 4.78 is 14.5. The van der Waals surface area contributed by atoms with Gasteiger partial charge in [0.1, 0.15) is 5.82 Å². The normalized spacial score (nSPS) is 12.6. The standard InChI is InChI=1S/C23H25FN2O.C7H16.C2H6/c1-5-18-7-6-17(4)20(14-18)23(27)26-12-10-25(11-13-26)22-9-8-19(16(2)3)15-21(22)24;1-3-5-7-6-4-2;1-2/h5-9,14-15H,1-2,10-13H2,3-4H3;3-7H2,1-2H3;1-2H3. The molecule has 1 saturated heterocycles. The second-order valence-electron chi connectivity index (χ2n) is 9.06. The predicted molar refractivity (Wildman–Crippen MR) is 156 cm³/mol. The quantitative estimate of drug-likeness (QED) is 0.342. The smallest absolute Gasteiger partial charge is 0.254 e. The van der Waals surface area contributed by atoms with Crippen molar-refractivity contribution in [3.8, 4) is 0 Å². The van der Waals surface area contributed by atoms with E-state index in [0.29, 0.717) is 37.4 Å². The van der Waals surface area contributed by atoms with E-state index in [1.165, 1.54) is 38.2 Å². The lowest BCUT2D eigenvalue weighted by atomic mass is 10.0. The number of hydrogen-bond acceptors (Lipinski definition) is 2. The molecular weight excluding hydrogens is 447 g/mol. The summed E-state index contributed by atoms with van der Waals surface area (Å²) in [4.78, 5) is 16.7. The molecule has 2 aromatic rings. The van der Waals surface area contributed by atoms with E-state index in [1.807, 2.05) is 61.8 Å². The van der Waals surface area contributed by atoms with Gasteiger partial charge in [-0.2, -0.15) is 0 Å². The molecule has 0 atom stereocenters. The van der Waals surface area contributed by atoms with Crippen LogP contribution in [-0.4, -0.2) is 37.0 Å². The molecule has 3 nitrogen and oxygen atoms in total. The highest BCUT2D eigenvalue weighted by Crippen LogP contribution is 2.25. The zero-order valence-corrected chi connectivity index (χ0v) is 23.5. The highest BCUT2D eigenvalue weighted by molar-refractivity contribution is 5.96. The zero-order chi connectivity index (χ0) is 27.1. The Bertz CT molecular complexity index is 970. The number of amides is 1. The Labute approximate surface area is 219 Å². The molecule has 0 saturated carbocycles. The van der Waals surface area contributed by atoms with E-state index in [1.54, 1.807) is 12.1 Å². The summed E-state index contributed by atoms with van der Waals surface area (Å²) in [5.74, 6) is -0.223. The third-order valence-corrected chi connectivity index (χ3v) is 6.28. The Morgan fingerprint density at radius 3 is 2.08 bits per heavy atom. The molecule has 198 valence electrons. The molecule has 4 heteroatoms. The Morgan fingerprint density at radius 1 is 0.972 bits per heavy atom. The van der Waals surface area contributed by atoms with Gasteiger partial charge in [0.2, 0.25) is 0 Å². The number of piperazine rings is 1. The van der Waals surface area contributed by atoms with Crippen LogP contribution in [0.15, 0.2) is 49.6 Å². The van der Waals surface area contributed by atoms with Crippen LogP contribution in [0.4, 0.5) is 10.1 Å². The Hall–Kier alpha value is -2.88. The molecule has 0 bridgehead atoms. The third-order valence-electron chi connectivity index (χ3n) is 6.28. The summed E-state index contributed by atoms with van der Waals surface area (Å²) in [6.07, 6.45) is 8.75. The van der Waals surface area contributed by atoms with Gasteiger partial charge in [-0.1, -0.05) is 103 Å². The van der Waals surface area contributed by atoms with Gasteiger partial charge in [0.05, 0.1) is 5.69 Å². The summed E-state index contributed by atoms with van der Waals surface area (Å²) in [5, 5.41) is 0. The molecule has 0 spiro atoms. The minimum Gasteiger partial charge on any atom is -0.366 e. The number of allylic oxidation sites excluding steroid dienone is 1. The summed E-state index contributed by atoms with van der Waals surface area (Å²) >= 11 is 0. The average Bonchev–Trinajstić information content (AvgIpc) is 2.90. The fourth-order valence-corrected chi connectivity index (χ4v) is 4.02. The molecule has 0 radical (unpaired) electrons. The topological polar surface area (TPSA) is 23.6 Å². The number of unbranched alkanes of at least 4 members (excludes halogenated alkanes) is 4. The predicted octanol–water partition coefficient (Wildman–Crippen LogP) is 8.78. The van der Waals surface area contributed by atoms with Crippen LogP contribution in [0.5, 0.6) is 0 Å². The van der Waals surface area contributed by atoms with Crippen LogP contribution in [0.25, 0.3) is 11.6 Å². The number of aryl methyl sites for hydroxylation is 1. The zero-order valence-electron chi connectivity index (χ0n) is 23.5.